The van der Waals surface area contributed by atoms with Crippen molar-refractivity contribution in [2.75, 3.05) is 5.32 Å². The molecule has 0 saturated carbocycles. The third kappa shape index (κ3) is 8.16. The summed E-state index contributed by atoms with van der Waals surface area (Å²) < 4.78 is 2.02. The molecule has 0 bridgehead atoms. The number of aryl methyl sites for hydroxylation is 1. The lowest BCUT2D eigenvalue weighted by atomic mass is 10.1. The molecule has 5 nitrogen and oxygen atoms in total. The van der Waals surface area contributed by atoms with Crippen LogP contribution in [0, 0.1) is 0 Å². The average molecular weight is 611 g/mol. The molecule has 43 heavy (non-hydrogen) atoms. The van der Waals surface area contributed by atoms with Crippen molar-refractivity contribution in [2.45, 2.75) is 39.3 Å². The summed E-state index contributed by atoms with van der Waals surface area (Å²) in [4.78, 5) is 16.1. The molecule has 4 aromatic carbocycles. The Hall–Kier alpha value is -4.32. The summed E-state index contributed by atoms with van der Waals surface area (Å²) in [5.41, 5.74) is 7.45. The topological polar surface area (TPSA) is 67.2 Å². The van der Waals surface area contributed by atoms with Gasteiger partial charge >= 0.3 is 5.97 Å². The number of rotatable bonds is 12. The predicted molar refractivity (Wildman–Crippen MR) is 178 cm³/mol. The number of halogens is 2. The van der Waals surface area contributed by atoms with Gasteiger partial charge in [-0.15, -0.1) is 0 Å². The lowest BCUT2D eigenvalue weighted by Crippen LogP contribution is -2.02. The molecular formula is C36H33Cl2N3O2. The molecule has 1 aromatic heterocycles. The maximum atomic E-state index is 11.3. The maximum absolute atomic E-state index is 11.3. The highest BCUT2D eigenvalue weighted by atomic mass is 35.5. The quantitative estimate of drug-likeness (QED) is 0.148. The number of nitrogens with one attached hydrogen (secondary N) is 1. The second kappa shape index (κ2) is 14.2. The van der Waals surface area contributed by atoms with Crippen molar-refractivity contribution in [3.05, 3.63) is 141 Å². The van der Waals surface area contributed by atoms with E-state index < -0.39 is 5.97 Å². The van der Waals surface area contributed by atoms with Crippen LogP contribution in [-0.4, -0.2) is 20.6 Å². The Kier molecular flexibility index (Phi) is 9.98. The van der Waals surface area contributed by atoms with Crippen molar-refractivity contribution in [1.29, 1.82) is 0 Å². The zero-order chi connectivity index (χ0) is 30.2. The van der Waals surface area contributed by atoms with Crippen LogP contribution < -0.4 is 5.32 Å². The first-order valence-electron chi connectivity index (χ1n) is 14.3. The first-order chi connectivity index (χ1) is 20.9. The zero-order valence-electron chi connectivity index (χ0n) is 23.9. The molecule has 7 heteroatoms. The highest BCUT2D eigenvalue weighted by Gasteiger charge is 2.12. The van der Waals surface area contributed by atoms with E-state index in [1.807, 2.05) is 41.1 Å². The van der Waals surface area contributed by atoms with Gasteiger partial charge < -0.3 is 15.0 Å². The minimum absolute atomic E-state index is 0.251. The second-order valence-electron chi connectivity index (χ2n) is 10.5. The number of carboxylic acid groups (broad SMARTS) is 1. The average Bonchev–Trinajstić information content (AvgIpc) is 3.41. The molecule has 0 radical (unpaired) electrons. The summed E-state index contributed by atoms with van der Waals surface area (Å²) >= 11 is 12.6. The van der Waals surface area contributed by atoms with Crippen molar-refractivity contribution in [3.8, 4) is 11.3 Å². The van der Waals surface area contributed by atoms with Crippen molar-refractivity contribution >= 4 is 47.0 Å². The van der Waals surface area contributed by atoms with Gasteiger partial charge in [0.25, 0.3) is 0 Å². The standard InChI is InChI=1S/C36H33Cl2N3O2/c1-2-3-4-25-5-7-27(8-6-25)22-39-31-17-11-26(12-18-31)13-20-35-40-34(32-19-16-30(37)21-33(32)38)24-41(35)23-28-9-14-29(15-10-28)36(42)43/h5-21,24,39H,2-4,22-23H2,1H3,(H,42,43)/b20-13+. The molecule has 0 aliphatic carbocycles. The van der Waals surface area contributed by atoms with Crippen molar-refractivity contribution in [3.63, 3.8) is 0 Å². The summed E-state index contributed by atoms with van der Waals surface area (Å²) in [7, 11) is 0. The molecule has 5 rings (SSSR count). The van der Waals surface area contributed by atoms with Crippen LogP contribution in [-0.2, 0) is 19.5 Å². The van der Waals surface area contributed by atoms with E-state index in [2.05, 4.69) is 60.8 Å². The third-order valence-electron chi connectivity index (χ3n) is 7.24. The predicted octanol–water partition coefficient (Wildman–Crippen LogP) is 9.73. The fraction of sp³-hybridized carbons (Fsp3) is 0.167. The van der Waals surface area contributed by atoms with E-state index in [9.17, 15) is 9.90 Å². The summed E-state index contributed by atoms with van der Waals surface area (Å²) in [6, 6.07) is 29.3. The number of unbranched alkanes of at least 4 members (excludes halogenated alkanes) is 1. The number of aromatic nitrogens is 2. The Morgan fingerprint density at radius 1 is 0.884 bits per heavy atom. The van der Waals surface area contributed by atoms with Crippen molar-refractivity contribution in [1.82, 2.24) is 9.55 Å². The normalized spacial score (nSPS) is 11.2. The minimum Gasteiger partial charge on any atom is -0.478 e. The van der Waals surface area contributed by atoms with Crippen LogP contribution in [0.5, 0.6) is 0 Å². The fourth-order valence-electron chi connectivity index (χ4n) is 4.76. The number of hydrogen-bond donors (Lipinski definition) is 2. The van der Waals surface area contributed by atoms with E-state index in [1.54, 1.807) is 24.3 Å². The Morgan fingerprint density at radius 2 is 1.58 bits per heavy atom. The van der Waals surface area contributed by atoms with Crippen LogP contribution in [0.15, 0.2) is 97.2 Å². The van der Waals surface area contributed by atoms with E-state index in [1.165, 1.54) is 24.0 Å². The smallest absolute Gasteiger partial charge is 0.335 e. The van der Waals surface area contributed by atoms with Crippen LogP contribution in [0.2, 0.25) is 10.0 Å². The Balaban J connectivity index is 1.31. The van der Waals surface area contributed by atoms with Gasteiger partial charge in [-0.1, -0.05) is 91.2 Å². The van der Waals surface area contributed by atoms with E-state index in [0.29, 0.717) is 16.6 Å². The van der Waals surface area contributed by atoms with Gasteiger partial charge in [0, 0.05) is 35.6 Å². The molecule has 1 heterocycles. The van der Waals surface area contributed by atoms with Crippen LogP contribution in [0.4, 0.5) is 5.69 Å². The molecule has 2 N–H and O–H groups in total. The lowest BCUT2D eigenvalue weighted by molar-refractivity contribution is 0.0697. The second-order valence-corrected chi connectivity index (χ2v) is 11.3. The summed E-state index contributed by atoms with van der Waals surface area (Å²) in [6.07, 6.45) is 9.51. The number of imidazole rings is 1. The van der Waals surface area contributed by atoms with E-state index in [-0.39, 0.29) is 5.56 Å². The number of benzene rings is 4. The maximum Gasteiger partial charge on any atom is 0.335 e. The molecule has 218 valence electrons. The first kappa shape index (κ1) is 30.1. The van der Waals surface area contributed by atoms with E-state index in [0.717, 1.165) is 46.9 Å². The Morgan fingerprint density at radius 3 is 2.26 bits per heavy atom. The monoisotopic (exact) mass is 609 g/mol. The third-order valence-corrected chi connectivity index (χ3v) is 7.79. The van der Waals surface area contributed by atoms with Gasteiger partial charge in [0.05, 0.1) is 16.3 Å². The van der Waals surface area contributed by atoms with Gasteiger partial charge in [-0.05, 0) is 83.6 Å². The van der Waals surface area contributed by atoms with Crippen molar-refractivity contribution < 1.29 is 9.90 Å². The van der Waals surface area contributed by atoms with Crippen LogP contribution in [0.3, 0.4) is 0 Å². The van der Waals surface area contributed by atoms with Crippen LogP contribution in [0.1, 0.15) is 58.2 Å². The molecule has 0 atom stereocenters. The first-order valence-corrected chi connectivity index (χ1v) is 15.1. The Labute approximate surface area is 262 Å². The van der Waals surface area contributed by atoms with Crippen LogP contribution in [0.25, 0.3) is 23.4 Å². The number of aromatic carboxylic acids is 1. The summed E-state index contributed by atoms with van der Waals surface area (Å²) in [5, 5.41) is 13.8. The largest absolute Gasteiger partial charge is 0.478 e. The number of carboxylic acids is 1. The van der Waals surface area contributed by atoms with E-state index in [4.69, 9.17) is 28.2 Å². The molecule has 5 aromatic rings. The number of carbonyl (C=O) groups is 1. The lowest BCUT2D eigenvalue weighted by Gasteiger charge is -2.08. The molecule has 0 spiro atoms. The van der Waals surface area contributed by atoms with Gasteiger partial charge in [0.2, 0.25) is 0 Å². The Bertz CT molecular complexity index is 1710. The van der Waals surface area contributed by atoms with Gasteiger partial charge in [0.1, 0.15) is 5.82 Å². The fourth-order valence-corrected chi connectivity index (χ4v) is 5.26. The van der Waals surface area contributed by atoms with Gasteiger partial charge in [-0.2, -0.15) is 0 Å². The molecule has 0 aliphatic rings. The van der Waals surface area contributed by atoms with Crippen molar-refractivity contribution in [2.24, 2.45) is 0 Å². The molecule has 0 amide bonds. The molecule has 0 aliphatic heterocycles. The highest BCUT2D eigenvalue weighted by Crippen LogP contribution is 2.30. The van der Waals surface area contributed by atoms with E-state index >= 15 is 0 Å². The zero-order valence-corrected chi connectivity index (χ0v) is 25.4. The van der Waals surface area contributed by atoms with Gasteiger partial charge in [-0.25, -0.2) is 9.78 Å². The van der Waals surface area contributed by atoms with Gasteiger partial charge in [-0.3, -0.25) is 0 Å². The number of anilines is 1. The SMILES string of the molecule is CCCCc1ccc(CNc2ccc(/C=C/c3nc(-c4ccc(Cl)cc4Cl)cn3Cc3ccc(C(=O)O)cc3)cc2)cc1. The van der Waals surface area contributed by atoms with Gasteiger partial charge in [0.15, 0.2) is 0 Å². The minimum atomic E-state index is -0.949. The molecule has 0 fully saturated rings. The van der Waals surface area contributed by atoms with Crippen LogP contribution >= 0.6 is 23.2 Å². The summed E-state index contributed by atoms with van der Waals surface area (Å²) in [6.45, 7) is 3.50. The summed E-state index contributed by atoms with van der Waals surface area (Å²) in [5.74, 6) is -0.205. The number of hydrogen-bond acceptors (Lipinski definition) is 3. The highest BCUT2D eigenvalue weighted by molar-refractivity contribution is 6.36. The molecular weight excluding hydrogens is 577 g/mol. The number of nitrogens with zero attached hydrogens (tertiary/aromatic N) is 2. The molecule has 0 unspecified atom stereocenters. The molecule has 0 saturated heterocycles.